The third kappa shape index (κ3) is 2.58. The highest BCUT2D eigenvalue weighted by atomic mass is 15.3. The molecule has 3 aliphatic rings. The minimum absolute atomic E-state index is 0.710. The Labute approximate surface area is 119 Å². The first-order valence-corrected chi connectivity index (χ1v) is 8.47. The van der Waals surface area contributed by atoms with Crippen LogP contribution in [-0.2, 0) is 0 Å². The van der Waals surface area contributed by atoms with Crippen molar-refractivity contribution in [3.63, 3.8) is 0 Å². The van der Waals surface area contributed by atoms with Crippen LogP contribution in [0.1, 0.15) is 53.4 Å². The molecule has 0 bridgehead atoms. The first-order valence-electron chi connectivity index (χ1n) is 8.47. The summed E-state index contributed by atoms with van der Waals surface area (Å²) in [6.45, 7) is 14.9. The fourth-order valence-corrected chi connectivity index (χ4v) is 4.33. The molecule has 2 heteroatoms. The molecule has 0 amide bonds. The highest BCUT2D eigenvalue weighted by molar-refractivity contribution is 5.01. The Morgan fingerprint density at radius 1 is 0.947 bits per heavy atom. The third-order valence-corrected chi connectivity index (χ3v) is 6.27. The summed E-state index contributed by atoms with van der Waals surface area (Å²) in [6, 6.07) is 1.69. The minimum atomic E-state index is 0.710. The minimum Gasteiger partial charge on any atom is -0.300 e. The number of piperidine rings is 1. The standard InChI is InChI=1S/C17H32N2/c1-13(2)15-9-16(10-15)18-7-5-17(6-8-18)11-19(12-17)14(3)4/h13-16H,5-12H2,1-4H3. The van der Waals surface area contributed by atoms with E-state index >= 15 is 0 Å². The largest absolute Gasteiger partial charge is 0.300 e. The average Bonchev–Trinajstić information content (AvgIpc) is 2.24. The van der Waals surface area contributed by atoms with E-state index in [9.17, 15) is 0 Å². The zero-order valence-electron chi connectivity index (χ0n) is 13.4. The highest BCUT2D eigenvalue weighted by Crippen LogP contribution is 2.44. The fraction of sp³-hybridized carbons (Fsp3) is 1.00. The van der Waals surface area contributed by atoms with Gasteiger partial charge in [-0.1, -0.05) is 13.8 Å². The molecule has 0 unspecified atom stereocenters. The van der Waals surface area contributed by atoms with Crippen LogP contribution in [0.4, 0.5) is 0 Å². The summed E-state index contributed by atoms with van der Waals surface area (Å²) >= 11 is 0. The van der Waals surface area contributed by atoms with Crippen molar-refractivity contribution in [3.05, 3.63) is 0 Å². The van der Waals surface area contributed by atoms with Gasteiger partial charge in [0.05, 0.1) is 0 Å². The molecular formula is C17H32N2. The first kappa shape index (κ1) is 13.9. The molecule has 2 saturated heterocycles. The topological polar surface area (TPSA) is 6.48 Å². The van der Waals surface area contributed by atoms with Crippen molar-refractivity contribution in [1.29, 1.82) is 0 Å². The molecule has 2 nitrogen and oxygen atoms in total. The van der Waals surface area contributed by atoms with Crippen molar-refractivity contribution in [1.82, 2.24) is 9.80 Å². The quantitative estimate of drug-likeness (QED) is 0.772. The van der Waals surface area contributed by atoms with Crippen molar-refractivity contribution in [3.8, 4) is 0 Å². The van der Waals surface area contributed by atoms with Crippen LogP contribution in [0.15, 0.2) is 0 Å². The number of nitrogens with zero attached hydrogens (tertiary/aromatic N) is 2. The molecule has 3 rings (SSSR count). The Balaban J connectivity index is 1.42. The second kappa shape index (κ2) is 5.04. The predicted molar refractivity (Wildman–Crippen MR) is 81.3 cm³/mol. The molecule has 19 heavy (non-hydrogen) atoms. The maximum atomic E-state index is 2.81. The Morgan fingerprint density at radius 3 is 2.00 bits per heavy atom. The molecule has 3 fully saturated rings. The summed E-state index contributed by atoms with van der Waals surface area (Å²) in [4.78, 5) is 5.45. The van der Waals surface area contributed by atoms with E-state index in [0.29, 0.717) is 5.41 Å². The molecular weight excluding hydrogens is 232 g/mol. The van der Waals surface area contributed by atoms with Crippen molar-refractivity contribution < 1.29 is 0 Å². The lowest BCUT2D eigenvalue weighted by molar-refractivity contribution is -0.0796. The Bertz CT molecular complexity index is 301. The highest BCUT2D eigenvalue weighted by Gasteiger charge is 2.47. The van der Waals surface area contributed by atoms with E-state index in [-0.39, 0.29) is 0 Å². The average molecular weight is 264 g/mol. The van der Waals surface area contributed by atoms with Gasteiger partial charge >= 0.3 is 0 Å². The SMILES string of the molecule is CC(C)C1CC(N2CCC3(CC2)CN(C(C)C)C3)C1. The van der Waals surface area contributed by atoms with Crippen LogP contribution >= 0.6 is 0 Å². The van der Waals surface area contributed by atoms with E-state index in [2.05, 4.69) is 37.5 Å². The summed E-state index contributed by atoms with van der Waals surface area (Å²) in [5.74, 6) is 1.92. The van der Waals surface area contributed by atoms with E-state index in [1.54, 1.807) is 0 Å². The molecule has 0 aromatic rings. The van der Waals surface area contributed by atoms with Gasteiger partial charge in [0.25, 0.3) is 0 Å². The van der Waals surface area contributed by atoms with Gasteiger partial charge in [-0.25, -0.2) is 0 Å². The molecule has 0 aromatic heterocycles. The third-order valence-electron chi connectivity index (χ3n) is 6.27. The van der Waals surface area contributed by atoms with Gasteiger partial charge in [0.1, 0.15) is 0 Å². The van der Waals surface area contributed by atoms with Gasteiger partial charge in [-0.2, -0.15) is 0 Å². The smallest absolute Gasteiger partial charge is 0.0101 e. The molecule has 110 valence electrons. The van der Waals surface area contributed by atoms with Crippen LogP contribution in [0.2, 0.25) is 0 Å². The van der Waals surface area contributed by atoms with Crippen LogP contribution in [0.3, 0.4) is 0 Å². The van der Waals surface area contributed by atoms with Gasteiger partial charge < -0.3 is 4.90 Å². The molecule has 0 atom stereocenters. The van der Waals surface area contributed by atoms with Gasteiger partial charge in [-0.3, -0.25) is 4.90 Å². The van der Waals surface area contributed by atoms with Crippen molar-refractivity contribution in [2.75, 3.05) is 26.2 Å². The van der Waals surface area contributed by atoms with Crippen molar-refractivity contribution >= 4 is 0 Å². The predicted octanol–water partition coefficient (Wildman–Crippen LogP) is 3.23. The van der Waals surface area contributed by atoms with Crippen LogP contribution in [0.25, 0.3) is 0 Å². The van der Waals surface area contributed by atoms with Gasteiger partial charge in [-0.15, -0.1) is 0 Å². The van der Waals surface area contributed by atoms with Gasteiger partial charge in [-0.05, 0) is 69.9 Å². The van der Waals surface area contributed by atoms with E-state index in [1.807, 2.05) is 0 Å². The summed E-state index contributed by atoms with van der Waals surface area (Å²) < 4.78 is 0. The maximum Gasteiger partial charge on any atom is 0.0101 e. The molecule has 0 aromatic carbocycles. The van der Waals surface area contributed by atoms with E-state index in [0.717, 1.165) is 23.9 Å². The van der Waals surface area contributed by atoms with Crippen molar-refractivity contribution in [2.24, 2.45) is 17.3 Å². The molecule has 0 N–H and O–H groups in total. The van der Waals surface area contributed by atoms with Gasteiger partial charge in [0.2, 0.25) is 0 Å². The van der Waals surface area contributed by atoms with Crippen LogP contribution in [0.5, 0.6) is 0 Å². The molecule has 2 heterocycles. The molecule has 2 aliphatic heterocycles. The lowest BCUT2D eigenvalue weighted by Gasteiger charge is -2.57. The summed E-state index contributed by atoms with van der Waals surface area (Å²) in [7, 11) is 0. The zero-order valence-corrected chi connectivity index (χ0v) is 13.4. The number of likely N-dealkylation sites (tertiary alicyclic amines) is 2. The number of rotatable bonds is 3. The summed E-state index contributed by atoms with van der Waals surface area (Å²) in [5.41, 5.74) is 0.710. The fourth-order valence-electron chi connectivity index (χ4n) is 4.33. The van der Waals surface area contributed by atoms with Crippen molar-refractivity contribution in [2.45, 2.75) is 65.5 Å². The molecule has 1 aliphatic carbocycles. The van der Waals surface area contributed by atoms with E-state index in [1.165, 1.54) is 51.9 Å². The Morgan fingerprint density at radius 2 is 1.53 bits per heavy atom. The number of hydrogen-bond donors (Lipinski definition) is 0. The van der Waals surface area contributed by atoms with Gasteiger partial charge in [0, 0.05) is 25.2 Å². The maximum absolute atomic E-state index is 2.81. The molecule has 1 saturated carbocycles. The zero-order chi connectivity index (χ0) is 13.6. The van der Waals surface area contributed by atoms with Crippen LogP contribution in [0, 0.1) is 17.3 Å². The normalized spacial score (nSPS) is 35.7. The Hall–Kier alpha value is -0.0800. The van der Waals surface area contributed by atoms with Crippen LogP contribution in [-0.4, -0.2) is 48.1 Å². The first-order chi connectivity index (χ1) is 8.99. The lowest BCUT2D eigenvalue weighted by atomic mass is 9.69. The molecule has 0 radical (unpaired) electrons. The number of hydrogen-bond acceptors (Lipinski definition) is 2. The molecule has 1 spiro atoms. The Kier molecular flexibility index (Phi) is 3.68. The summed E-state index contributed by atoms with van der Waals surface area (Å²) in [5, 5.41) is 0. The van der Waals surface area contributed by atoms with Crippen LogP contribution < -0.4 is 0 Å². The second-order valence-corrected chi connectivity index (χ2v) is 8.16. The monoisotopic (exact) mass is 264 g/mol. The lowest BCUT2D eigenvalue weighted by Crippen LogP contribution is -2.63. The van der Waals surface area contributed by atoms with Gasteiger partial charge in [0.15, 0.2) is 0 Å². The van der Waals surface area contributed by atoms with E-state index < -0.39 is 0 Å². The summed E-state index contributed by atoms with van der Waals surface area (Å²) in [6.07, 6.45) is 5.86. The second-order valence-electron chi connectivity index (χ2n) is 8.16. The van der Waals surface area contributed by atoms with E-state index in [4.69, 9.17) is 0 Å².